The van der Waals surface area contributed by atoms with Crippen molar-refractivity contribution < 1.29 is 43.3 Å². The number of benzene rings is 3. The lowest BCUT2D eigenvalue weighted by atomic mass is 9.98. The van der Waals surface area contributed by atoms with Gasteiger partial charge in [0.15, 0.2) is 0 Å². The Kier molecular flexibility index (Phi) is 15.0. The first-order valence-electron chi connectivity index (χ1n) is 18.2. The van der Waals surface area contributed by atoms with Gasteiger partial charge in [-0.15, -0.1) is 0 Å². The monoisotopic (exact) mass is 758 g/mol. The number of urea groups is 1. The number of rotatable bonds is 18. The Morgan fingerprint density at radius 3 is 1.91 bits per heavy atom. The van der Waals surface area contributed by atoms with E-state index >= 15 is 0 Å². The molecule has 4 rings (SSSR count). The number of carbonyl (C=O) groups excluding carboxylic acids is 5. The molecule has 15 heteroatoms. The minimum atomic E-state index is -1.16. The SMILES string of the molecule is CC(C)C[C@H](NC(=O)OCc1ccc(NC(=O)[C@H](CCCNC(N)=O)NC(=O)[C@@H](NC(=O)OCC2c3ccccc3-c3ccccc32)C(C)C)cc1)C(=O)O. The van der Waals surface area contributed by atoms with E-state index < -0.39 is 54.1 Å². The number of primary amides is 1. The van der Waals surface area contributed by atoms with Crippen LogP contribution in [0.4, 0.5) is 20.1 Å². The molecule has 0 fully saturated rings. The van der Waals surface area contributed by atoms with Crippen LogP contribution in [0.2, 0.25) is 0 Å². The van der Waals surface area contributed by atoms with E-state index in [1.54, 1.807) is 38.1 Å². The van der Waals surface area contributed by atoms with Gasteiger partial charge in [0.05, 0.1) is 0 Å². The Labute approximate surface area is 320 Å². The number of aliphatic carboxylic acids is 1. The summed E-state index contributed by atoms with van der Waals surface area (Å²) in [6.07, 6.45) is -0.979. The van der Waals surface area contributed by atoms with Crippen molar-refractivity contribution in [1.82, 2.24) is 21.3 Å². The van der Waals surface area contributed by atoms with Gasteiger partial charge in [0, 0.05) is 18.2 Å². The average Bonchev–Trinajstić information content (AvgIpc) is 3.46. The number of carbonyl (C=O) groups is 6. The van der Waals surface area contributed by atoms with Crippen LogP contribution in [0.3, 0.4) is 0 Å². The van der Waals surface area contributed by atoms with Crippen molar-refractivity contribution in [3.05, 3.63) is 89.5 Å². The van der Waals surface area contributed by atoms with E-state index in [9.17, 15) is 33.9 Å². The topological polar surface area (TPSA) is 227 Å². The standard InChI is InChI=1S/C40H50N6O9/c1-23(2)20-33(37(49)50)45-39(52)54-21-25-15-17-26(18-16-25)43-35(47)32(14-9-19-42-38(41)51)44-36(48)34(24(3)4)46-40(53)55-22-31-29-12-7-5-10-27(29)28-11-6-8-13-30(28)31/h5-8,10-13,15-18,23-24,31-34H,9,14,19-22H2,1-4H3,(H,43,47)(H,44,48)(H,45,52)(H,46,53)(H,49,50)(H3,41,42,51)/t32-,33-,34-/m0/s1. The second-order valence-electron chi connectivity index (χ2n) is 14.1. The van der Waals surface area contributed by atoms with Crippen LogP contribution < -0.4 is 32.3 Å². The molecule has 0 saturated carbocycles. The van der Waals surface area contributed by atoms with Crippen molar-refractivity contribution in [3.63, 3.8) is 0 Å². The molecule has 0 radical (unpaired) electrons. The van der Waals surface area contributed by atoms with Crippen molar-refractivity contribution in [1.29, 1.82) is 0 Å². The van der Waals surface area contributed by atoms with Crippen LogP contribution in [0.15, 0.2) is 72.8 Å². The van der Waals surface area contributed by atoms with Crippen LogP contribution in [-0.4, -0.2) is 72.4 Å². The minimum absolute atomic E-state index is 0.0476. The lowest BCUT2D eigenvalue weighted by molar-refractivity contribution is -0.139. The quantitative estimate of drug-likeness (QED) is 0.0879. The summed E-state index contributed by atoms with van der Waals surface area (Å²) in [5.41, 5.74) is 10.4. The molecular formula is C40H50N6O9. The first kappa shape index (κ1) is 41.6. The molecule has 0 aliphatic heterocycles. The molecule has 0 heterocycles. The largest absolute Gasteiger partial charge is 0.480 e. The summed E-state index contributed by atoms with van der Waals surface area (Å²) in [5.74, 6) is -2.80. The van der Waals surface area contributed by atoms with Crippen molar-refractivity contribution >= 4 is 41.7 Å². The van der Waals surface area contributed by atoms with E-state index in [4.69, 9.17) is 15.2 Å². The highest BCUT2D eigenvalue weighted by atomic mass is 16.6. The molecule has 0 bridgehead atoms. The molecule has 0 spiro atoms. The van der Waals surface area contributed by atoms with Gasteiger partial charge in [0.2, 0.25) is 11.8 Å². The van der Waals surface area contributed by atoms with Gasteiger partial charge in [-0.05, 0) is 71.0 Å². The molecule has 8 N–H and O–H groups in total. The second-order valence-corrected chi connectivity index (χ2v) is 14.1. The lowest BCUT2D eigenvalue weighted by Crippen LogP contribution is -2.54. The van der Waals surface area contributed by atoms with E-state index in [1.807, 2.05) is 62.4 Å². The Hall–Kier alpha value is -6.12. The van der Waals surface area contributed by atoms with Crippen LogP contribution >= 0.6 is 0 Å². The summed E-state index contributed by atoms with van der Waals surface area (Å²) in [5, 5.41) is 22.3. The fraction of sp³-hybridized carbons (Fsp3) is 0.400. The van der Waals surface area contributed by atoms with Gasteiger partial charge in [-0.25, -0.2) is 19.2 Å². The van der Waals surface area contributed by atoms with Crippen LogP contribution in [0.1, 0.15) is 69.6 Å². The number of hydrogen-bond donors (Lipinski definition) is 7. The smallest absolute Gasteiger partial charge is 0.408 e. The van der Waals surface area contributed by atoms with Crippen molar-refractivity contribution in [2.24, 2.45) is 17.6 Å². The molecule has 15 nitrogen and oxygen atoms in total. The molecule has 55 heavy (non-hydrogen) atoms. The van der Waals surface area contributed by atoms with Crippen molar-refractivity contribution in [3.8, 4) is 11.1 Å². The van der Waals surface area contributed by atoms with E-state index in [0.717, 1.165) is 22.3 Å². The van der Waals surface area contributed by atoms with Gasteiger partial charge in [-0.2, -0.15) is 0 Å². The first-order valence-corrected chi connectivity index (χ1v) is 18.2. The number of anilines is 1. The zero-order valence-electron chi connectivity index (χ0n) is 31.4. The van der Waals surface area contributed by atoms with E-state index in [-0.39, 0.29) is 50.4 Å². The summed E-state index contributed by atoms with van der Waals surface area (Å²) in [4.78, 5) is 75.1. The normalized spacial score (nSPS) is 13.4. The maximum absolute atomic E-state index is 13.6. The third-order valence-corrected chi connectivity index (χ3v) is 9.06. The Morgan fingerprint density at radius 1 is 0.745 bits per heavy atom. The number of nitrogens with one attached hydrogen (secondary N) is 5. The fourth-order valence-electron chi connectivity index (χ4n) is 6.29. The third kappa shape index (κ3) is 12.2. The average molecular weight is 759 g/mol. The number of hydrogen-bond acceptors (Lipinski definition) is 8. The van der Waals surface area contributed by atoms with E-state index in [2.05, 4.69) is 26.6 Å². The van der Waals surface area contributed by atoms with Gasteiger partial charge in [-0.3, -0.25) is 9.59 Å². The van der Waals surface area contributed by atoms with Gasteiger partial charge in [0.25, 0.3) is 0 Å². The summed E-state index contributed by atoms with van der Waals surface area (Å²) >= 11 is 0. The van der Waals surface area contributed by atoms with Crippen LogP contribution in [0.5, 0.6) is 0 Å². The summed E-state index contributed by atoms with van der Waals surface area (Å²) in [6, 6.07) is 18.4. The zero-order valence-corrected chi connectivity index (χ0v) is 31.4. The van der Waals surface area contributed by atoms with Gasteiger partial charge >= 0.3 is 24.2 Å². The zero-order chi connectivity index (χ0) is 40.1. The molecule has 294 valence electrons. The molecule has 3 atom stereocenters. The molecule has 1 aliphatic carbocycles. The first-order chi connectivity index (χ1) is 26.2. The molecule has 0 aromatic heterocycles. The molecule has 3 aromatic rings. The number of alkyl carbamates (subject to hydrolysis) is 2. The van der Waals surface area contributed by atoms with Crippen molar-refractivity contribution in [2.45, 2.75) is 77.6 Å². The number of fused-ring (bicyclic) bond motifs is 3. The Balaban J connectivity index is 1.35. The van der Waals surface area contributed by atoms with Gasteiger partial charge < -0.3 is 46.9 Å². The highest BCUT2D eigenvalue weighted by molar-refractivity contribution is 5.98. The Bertz CT molecular complexity index is 1790. The summed E-state index contributed by atoms with van der Waals surface area (Å²) < 4.78 is 10.8. The van der Waals surface area contributed by atoms with Crippen molar-refractivity contribution in [2.75, 3.05) is 18.5 Å². The maximum Gasteiger partial charge on any atom is 0.408 e. The Morgan fingerprint density at radius 2 is 1.35 bits per heavy atom. The highest BCUT2D eigenvalue weighted by Crippen LogP contribution is 2.44. The number of carboxylic acids is 1. The van der Waals surface area contributed by atoms with Gasteiger partial charge in [-0.1, -0.05) is 88.4 Å². The number of carboxylic acid groups (broad SMARTS) is 1. The third-order valence-electron chi connectivity index (χ3n) is 9.06. The van der Waals surface area contributed by atoms with E-state index in [1.165, 1.54) is 0 Å². The van der Waals surface area contributed by atoms with Crippen LogP contribution in [0.25, 0.3) is 11.1 Å². The lowest BCUT2D eigenvalue weighted by Gasteiger charge is -2.25. The molecule has 1 aliphatic rings. The molecular weight excluding hydrogens is 708 g/mol. The predicted octanol–water partition coefficient (Wildman–Crippen LogP) is 4.85. The number of amides is 6. The second kappa shape index (κ2) is 19.8. The number of nitrogens with two attached hydrogens (primary N) is 1. The molecule has 0 unspecified atom stereocenters. The minimum Gasteiger partial charge on any atom is -0.480 e. The fourth-order valence-corrected chi connectivity index (χ4v) is 6.29. The number of ether oxygens (including phenoxy) is 2. The molecule has 0 saturated heterocycles. The van der Waals surface area contributed by atoms with E-state index in [0.29, 0.717) is 17.7 Å². The molecule has 6 amide bonds. The highest BCUT2D eigenvalue weighted by Gasteiger charge is 2.32. The van der Waals surface area contributed by atoms with Crippen LogP contribution in [-0.2, 0) is 30.5 Å². The van der Waals surface area contributed by atoms with Gasteiger partial charge in [0.1, 0.15) is 31.3 Å². The maximum atomic E-state index is 13.6. The summed E-state index contributed by atoms with van der Waals surface area (Å²) in [7, 11) is 0. The molecule has 3 aromatic carbocycles. The summed E-state index contributed by atoms with van der Waals surface area (Å²) in [6.45, 7) is 7.27. The van der Waals surface area contributed by atoms with Crippen LogP contribution in [0, 0.1) is 11.8 Å². The predicted molar refractivity (Wildman–Crippen MR) is 205 cm³/mol.